The Morgan fingerprint density at radius 2 is 2.00 bits per heavy atom. The first kappa shape index (κ1) is 24.2. The zero-order valence-electron chi connectivity index (χ0n) is 19.5. The summed E-state index contributed by atoms with van der Waals surface area (Å²) in [6.45, 7) is 2.05. The molecule has 1 aliphatic heterocycles. The van der Waals surface area contributed by atoms with Crippen LogP contribution in [0.5, 0.6) is 0 Å². The fourth-order valence-electron chi connectivity index (χ4n) is 4.99. The molecule has 0 unspecified atom stereocenters. The maximum atomic E-state index is 13.5. The van der Waals surface area contributed by atoms with Gasteiger partial charge in [0.1, 0.15) is 15.5 Å². The van der Waals surface area contributed by atoms with Gasteiger partial charge in [0.15, 0.2) is 0 Å². The summed E-state index contributed by atoms with van der Waals surface area (Å²) in [5, 5.41) is 15.0. The van der Waals surface area contributed by atoms with E-state index in [0.717, 1.165) is 27.2 Å². The van der Waals surface area contributed by atoms with Gasteiger partial charge in [-0.1, -0.05) is 6.07 Å². The van der Waals surface area contributed by atoms with E-state index in [9.17, 15) is 18.4 Å². The first-order valence-electron chi connectivity index (χ1n) is 11.7. The molecule has 0 bridgehead atoms. The van der Waals surface area contributed by atoms with Crippen molar-refractivity contribution >= 4 is 45.1 Å². The van der Waals surface area contributed by atoms with Crippen molar-refractivity contribution in [1.29, 1.82) is 0 Å². The summed E-state index contributed by atoms with van der Waals surface area (Å²) in [5.74, 6) is -0.769. The van der Waals surface area contributed by atoms with Gasteiger partial charge < -0.3 is 26.4 Å². The lowest BCUT2D eigenvalue weighted by Crippen LogP contribution is -2.41. The highest BCUT2D eigenvalue weighted by Crippen LogP contribution is 2.33. The molecule has 3 aromatic rings. The minimum Gasteiger partial charge on any atom is -0.465 e. The van der Waals surface area contributed by atoms with Crippen molar-refractivity contribution in [3.05, 3.63) is 46.1 Å². The van der Waals surface area contributed by atoms with Crippen LogP contribution in [0.2, 0.25) is 0 Å². The molecule has 1 aliphatic carbocycles. The van der Waals surface area contributed by atoms with Gasteiger partial charge in [0.05, 0.1) is 17.6 Å². The Morgan fingerprint density at radius 1 is 1.19 bits per heavy atom. The van der Waals surface area contributed by atoms with E-state index in [1.54, 1.807) is 11.0 Å². The number of carboxylic acid groups (broad SMARTS) is 1. The van der Waals surface area contributed by atoms with Crippen LogP contribution >= 0.6 is 11.3 Å². The van der Waals surface area contributed by atoms with Crippen LogP contribution in [0, 0.1) is 12.8 Å². The number of alkyl halides is 2. The van der Waals surface area contributed by atoms with Crippen molar-refractivity contribution in [1.82, 2.24) is 20.6 Å². The Kier molecular flexibility index (Phi) is 6.37. The quantitative estimate of drug-likeness (QED) is 0.409. The molecular formula is C24H26F2N6O3S. The number of nitrogens with one attached hydrogen (secondary N) is 2. The largest absolute Gasteiger partial charge is 0.465 e. The predicted molar refractivity (Wildman–Crippen MR) is 133 cm³/mol. The van der Waals surface area contributed by atoms with Gasteiger partial charge in [-0.25, -0.2) is 23.5 Å². The van der Waals surface area contributed by atoms with Gasteiger partial charge in [0.2, 0.25) is 6.43 Å². The van der Waals surface area contributed by atoms with E-state index in [1.165, 1.54) is 11.3 Å². The summed E-state index contributed by atoms with van der Waals surface area (Å²) in [5.41, 5.74) is 9.37. The molecule has 3 atom stereocenters. The van der Waals surface area contributed by atoms with Crippen molar-refractivity contribution < 1.29 is 23.5 Å². The lowest BCUT2D eigenvalue weighted by Gasteiger charge is -2.26. The molecule has 1 saturated heterocycles. The Balaban J connectivity index is 1.27. The van der Waals surface area contributed by atoms with Crippen LogP contribution in [0.1, 0.15) is 33.0 Å². The van der Waals surface area contributed by atoms with E-state index in [-0.39, 0.29) is 25.0 Å². The highest BCUT2D eigenvalue weighted by atomic mass is 32.1. The minimum atomic E-state index is -2.64. The average Bonchev–Trinajstić information content (AvgIpc) is 3.39. The fourth-order valence-corrected chi connectivity index (χ4v) is 6.03. The van der Waals surface area contributed by atoms with E-state index >= 15 is 0 Å². The molecule has 0 aromatic carbocycles. The van der Waals surface area contributed by atoms with Crippen LogP contribution in [0.15, 0.2) is 24.3 Å². The summed E-state index contributed by atoms with van der Waals surface area (Å²) < 4.78 is 26.9. The zero-order valence-corrected chi connectivity index (χ0v) is 20.3. The lowest BCUT2D eigenvalue weighted by molar-refractivity contribution is 0.0736. The van der Waals surface area contributed by atoms with Crippen LogP contribution < -0.4 is 21.3 Å². The number of fused-ring (bicyclic) bond motifs is 2. The second kappa shape index (κ2) is 9.49. The van der Waals surface area contributed by atoms with Crippen LogP contribution in [-0.2, 0) is 12.8 Å². The number of aryl methyl sites for hydroxylation is 2. The number of aromatic nitrogens is 2. The topological polar surface area (TPSA) is 133 Å². The Labute approximate surface area is 209 Å². The highest BCUT2D eigenvalue weighted by molar-refractivity contribution is 7.21. The second-order valence-corrected chi connectivity index (χ2v) is 10.3. The Bertz CT molecular complexity index is 1330. The molecule has 3 aromatic heterocycles. The normalized spacial score (nSPS) is 21.6. The van der Waals surface area contributed by atoms with Gasteiger partial charge in [-0.2, -0.15) is 0 Å². The summed E-state index contributed by atoms with van der Waals surface area (Å²) in [6, 6.07) is 6.48. The highest BCUT2D eigenvalue weighted by Gasteiger charge is 2.40. The maximum absolute atomic E-state index is 13.5. The molecule has 5 N–H and O–H groups in total. The third kappa shape index (κ3) is 4.64. The van der Waals surface area contributed by atoms with Crippen molar-refractivity contribution in [2.45, 2.75) is 44.7 Å². The van der Waals surface area contributed by atoms with Crippen LogP contribution in [0.25, 0.3) is 10.2 Å². The number of amides is 2. The van der Waals surface area contributed by atoms with Gasteiger partial charge in [-0.05, 0) is 49.9 Å². The molecule has 12 heteroatoms. The predicted octanol–water partition coefficient (Wildman–Crippen LogP) is 3.21. The number of pyridine rings is 2. The molecule has 0 radical (unpaired) electrons. The third-order valence-electron chi connectivity index (χ3n) is 6.85. The van der Waals surface area contributed by atoms with Crippen LogP contribution in [0.4, 0.5) is 25.1 Å². The van der Waals surface area contributed by atoms with Crippen molar-refractivity contribution in [3.63, 3.8) is 0 Å². The number of thiophene rings is 1. The number of carbonyl (C=O) groups is 2. The van der Waals surface area contributed by atoms with Gasteiger partial charge in [-0.15, -0.1) is 11.3 Å². The molecule has 0 spiro atoms. The number of nitrogen functional groups attached to an aromatic ring is 1. The number of rotatable bonds is 5. The molecule has 5 rings (SSSR count). The number of halogens is 2. The molecule has 0 saturated carbocycles. The van der Waals surface area contributed by atoms with Crippen molar-refractivity contribution in [2.75, 3.05) is 23.7 Å². The summed E-state index contributed by atoms with van der Waals surface area (Å²) in [7, 11) is 0. The first-order valence-corrected chi connectivity index (χ1v) is 12.5. The van der Waals surface area contributed by atoms with E-state index in [4.69, 9.17) is 15.8 Å². The van der Waals surface area contributed by atoms with Crippen LogP contribution in [0.3, 0.4) is 0 Å². The van der Waals surface area contributed by atoms with Gasteiger partial charge in [0, 0.05) is 35.9 Å². The van der Waals surface area contributed by atoms with E-state index < -0.39 is 24.5 Å². The molecule has 2 aliphatic rings. The third-order valence-corrected chi connectivity index (χ3v) is 7.96. The fraction of sp³-hybridized carbons (Fsp3) is 0.417. The molecule has 2 amide bonds. The number of nitrogens with zero attached hydrogens (tertiary/aromatic N) is 3. The Morgan fingerprint density at radius 3 is 2.75 bits per heavy atom. The molecule has 1 fully saturated rings. The first-order chi connectivity index (χ1) is 17.2. The second-order valence-electron chi connectivity index (χ2n) is 9.30. The van der Waals surface area contributed by atoms with Gasteiger partial charge >= 0.3 is 6.09 Å². The van der Waals surface area contributed by atoms with E-state index in [0.29, 0.717) is 35.6 Å². The van der Waals surface area contributed by atoms with E-state index in [1.807, 2.05) is 25.1 Å². The minimum absolute atomic E-state index is 0.0258. The lowest BCUT2D eigenvalue weighted by atomic mass is 9.91. The maximum Gasteiger partial charge on any atom is 0.404 e. The number of carbonyl (C=O) groups excluding carboxylic acids is 1. The van der Waals surface area contributed by atoms with Crippen molar-refractivity contribution in [2.24, 2.45) is 5.92 Å². The van der Waals surface area contributed by atoms with Gasteiger partial charge in [0.25, 0.3) is 5.91 Å². The average molecular weight is 517 g/mol. The molecule has 36 heavy (non-hydrogen) atoms. The number of nitrogens with two attached hydrogens (primary N) is 1. The Hall–Kier alpha value is -3.54. The van der Waals surface area contributed by atoms with E-state index in [2.05, 4.69) is 15.6 Å². The number of hydrogen-bond acceptors (Lipinski definition) is 7. The van der Waals surface area contributed by atoms with Crippen molar-refractivity contribution in [3.8, 4) is 0 Å². The summed E-state index contributed by atoms with van der Waals surface area (Å²) in [4.78, 5) is 36.0. The van der Waals surface area contributed by atoms with Gasteiger partial charge in [-0.3, -0.25) is 4.79 Å². The SMILES string of the molecule is Cc1ccc2c(N)c(C(=O)N[C@H]3CCc4nc(N5C[C@@H](NC(=O)O)[C@H](C(F)F)C5)ccc4C3)sc2n1. The monoisotopic (exact) mass is 516 g/mol. The standard InChI is InChI=1S/C24H26F2N6O3S/c1-11-2-5-14-19(27)20(36-23(14)28-11)22(33)29-13-4-6-16-12(8-13)3-7-18(30-16)32-9-15(21(25)26)17(10-32)31-24(34)35/h2-3,5,7,13,15,17,21,31H,4,6,8-10,27H2,1H3,(H,29,33)(H,34,35)/t13-,15+,17+/m0/s1. The molecule has 9 nitrogen and oxygen atoms in total. The van der Waals surface area contributed by atoms with Crippen LogP contribution in [-0.4, -0.2) is 58.7 Å². The zero-order chi connectivity index (χ0) is 25.6. The number of anilines is 2. The molecule has 4 heterocycles. The summed E-state index contributed by atoms with van der Waals surface area (Å²) in [6.07, 6.45) is -2.05. The molecular weight excluding hydrogens is 490 g/mol. The molecule has 190 valence electrons. The summed E-state index contributed by atoms with van der Waals surface area (Å²) >= 11 is 1.28. The number of hydrogen-bond donors (Lipinski definition) is 4. The smallest absolute Gasteiger partial charge is 0.404 e.